The minimum atomic E-state index is -0.555. The van der Waals surface area contributed by atoms with Gasteiger partial charge >= 0.3 is 0 Å². The van der Waals surface area contributed by atoms with Crippen LogP contribution in [0.25, 0.3) is 0 Å². The highest BCUT2D eigenvalue weighted by Crippen LogP contribution is 2.21. The van der Waals surface area contributed by atoms with Crippen molar-refractivity contribution in [3.05, 3.63) is 46.7 Å². The molecule has 0 spiro atoms. The van der Waals surface area contributed by atoms with E-state index in [0.29, 0.717) is 22.8 Å². The first-order chi connectivity index (χ1) is 11.6. The predicted molar refractivity (Wildman–Crippen MR) is 93.1 cm³/mol. The Labute approximate surface area is 143 Å². The molecule has 0 unspecified atom stereocenters. The Balaban J connectivity index is 1.69. The third kappa shape index (κ3) is 3.30. The summed E-state index contributed by atoms with van der Waals surface area (Å²) in [4.78, 5) is 37.9. The van der Waals surface area contributed by atoms with Crippen molar-refractivity contribution in [2.24, 2.45) is 0 Å². The number of benzene rings is 1. The molecule has 3 rings (SSSR count). The molecule has 1 aliphatic rings. The molecule has 124 valence electrons. The number of carbonyl (C=O) groups excluding carboxylic acids is 3. The van der Waals surface area contributed by atoms with Crippen molar-refractivity contribution in [2.45, 2.75) is 19.4 Å². The molecule has 6 nitrogen and oxygen atoms in total. The van der Waals surface area contributed by atoms with Gasteiger partial charge in [-0.1, -0.05) is 12.1 Å². The monoisotopic (exact) mass is 343 g/mol. The standard InChI is InChI=1S/C17H17N3O3S/c1-2-20-15(21)10-13(17(20)23)18-11-5-3-6-12(9-11)19-16(22)14-7-4-8-24-14/h3-9,13,18H,2,10H2,1H3,(H,19,22)/t13-/m1/s1. The van der Waals surface area contributed by atoms with Gasteiger partial charge in [0.1, 0.15) is 6.04 Å². The number of hydrogen-bond acceptors (Lipinski definition) is 5. The van der Waals surface area contributed by atoms with E-state index in [1.165, 1.54) is 16.2 Å². The number of rotatable bonds is 5. The summed E-state index contributed by atoms with van der Waals surface area (Å²) in [6.07, 6.45) is 0.151. The zero-order valence-electron chi connectivity index (χ0n) is 13.1. The molecule has 1 atom stereocenters. The number of anilines is 2. The molecule has 1 saturated heterocycles. The van der Waals surface area contributed by atoms with Crippen LogP contribution >= 0.6 is 11.3 Å². The highest BCUT2D eigenvalue weighted by atomic mass is 32.1. The lowest BCUT2D eigenvalue weighted by atomic mass is 10.2. The van der Waals surface area contributed by atoms with Crippen molar-refractivity contribution in [3.8, 4) is 0 Å². The van der Waals surface area contributed by atoms with Gasteiger partial charge in [0.25, 0.3) is 11.8 Å². The summed E-state index contributed by atoms with van der Waals surface area (Å²) < 4.78 is 0. The fourth-order valence-corrected chi connectivity index (χ4v) is 3.24. The van der Waals surface area contributed by atoms with Crippen LogP contribution < -0.4 is 10.6 Å². The van der Waals surface area contributed by atoms with Crippen molar-refractivity contribution in [1.29, 1.82) is 0 Å². The Morgan fingerprint density at radius 1 is 1.25 bits per heavy atom. The SMILES string of the molecule is CCN1C(=O)C[C@@H](Nc2cccc(NC(=O)c3cccs3)c2)C1=O. The summed E-state index contributed by atoms with van der Waals surface area (Å²) in [5.41, 5.74) is 1.31. The first-order valence-corrected chi connectivity index (χ1v) is 8.52. The van der Waals surface area contributed by atoms with Crippen LogP contribution in [-0.4, -0.2) is 35.2 Å². The van der Waals surface area contributed by atoms with Crippen molar-refractivity contribution >= 4 is 40.4 Å². The number of imide groups is 1. The molecule has 24 heavy (non-hydrogen) atoms. The summed E-state index contributed by atoms with van der Waals surface area (Å²) in [6.45, 7) is 2.16. The highest BCUT2D eigenvalue weighted by Gasteiger charge is 2.37. The Hall–Kier alpha value is -2.67. The van der Waals surface area contributed by atoms with E-state index in [0.717, 1.165) is 0 Å². The van der Waals surface area contributed by atoms with Gasteiger partial charge < -0.3 is 10.6 Å². The van der Waals surface area contributed by atoms with Crippen molar-refractivity contribution in [1.82, 2.24) is 4.90 Å². The second-order valence-corrected chi connectivity index (χ2v) is 6.34. The van der Waals surface area contributed by atoms with E-state index >= 15 is 0 Å². The smallest absolute Gasteiger partial charge is 0.265 e. The van der Waals surface area contributed by atoms with E-state index < -0.39 is 6.04 Å². The molecule has 1 fully saturated rings. The highest BCUT2D eigenvalue weighted by molar-refractivity contribution is 7.12. The molecule has 0 bridgehead atoms. The molecule has 0 saturated carbocycles. The largest absolute Gasteiger partial charge is 0.373 e. The zero-order valence-corrected chi connectivity index (χ0v) is 13.9. The van der Waals surface area contributed by atoms with Gasteiger partial charge in [-0.2, -0.15) is 0 Å². The average Bonchev–Trinajstić information content (AvgIpc) is 3.17. The van der Waals surface area contributed by atoms with Crippen LogP contribution in [0.15, 0.2) is 41.8 Å². The first kappa shape index (κ1) is 16.2. The number of amides is 3. The fraction of sp³-hybridized carbons (Fsp3) is 0.235. The molecule has 0 radical (unpaired) electrons. The number of likely N-dealkylation sites (N-methyl/N-ethyl adjacent to an activating group) is 1. The number of thiophene rings is 1. The summed E-state index contributed by atoms with van der Waals surface area (Å²) in [5.74, 6) is -0.552. The molecule has 2 heterocycles. The summed E-state index contributed by atoms with van der Waals surface area (Å²) >= 11 is 1.37. The minimum Gasteiger partial charge on any atom is -0.373 e. The van der Waals surface area contributed by atoms with E-state index in [2.05, 4.69) is 10.6 Å². The van der Waals surface area contributed by atoms with Crippen LogP contribution in [0.4, 0.5) is 11.4 Å². The topological polar surface area (TPSA) is 78.5 Å². The van der Waals surface area contributed by atoms with Gasteiger partial charge in [-0.25, -0.2) is 0 Å². The number of nitrogens with one attached hydrogen (secondary N) is 2. The normalized spacial score (nSPS) is 17.2. The summed E-state index contributed by atoms with van der Waals surface area (Å²) in [7, 11) is 0. The van der Waals surface area contributed by atoms with E-state index in [9.17, 15) is 14.4 Å². The Bertz CT molecular complexity index is 773. The van der Waals surface area contributed by atoms with Crippen LogP contribution in [0.3, 0.4) is 0 Å². The quantitative estimate of drug-likeness (QED) is 0.818. The Morgan fingerprint density at radius 2 is 2.04 bits per heavy atom. The lowest BCUT2D eigenvalue weighted by molar-refractivity contribution is -0.138. The van der Waals surface area contributed by atoms with Crippen molar-refractivity contribution in [2.75, 3.05) is 17.2 Å². The van der Waals surface area contributed by atoms with Gasteiger partial charge in [-0.3, -0.25) is 19.3 Å². The van der Waals surface area contributed by atoms with Crippen LogP contribution in [0, 0.1) is 0 Å². The van der Waals surface area contributed by atoms with Gasteiger partial charge in [-0.05, 0) is 36.6 Å². The van der Waals surface area contributed by atoms with Gasteiger partial charge in [0.15, 0.2) is 0 Å². The maximum Gasteiger partial charge on any atom is 0.265 e. The van der Waals surface area contributed by atoms with Crippen molar-refractivity contribution in [3.63, 3.8) is 0 Å². The van der Waals surface area contributed by atoms with E-state index in [1.807, 2.05) is 11.4 Å². The van der Waals surface area contributed by atoms with Crippen LogP contribution in [0.5, 0.6) is 0 Å². The molecule has 1 aliphatic heterocycles. The number of carbonyl (C=O) groups is 3. The first-order valence-electron chi connectivity index (χ1n) is 7.64. The lowest BCUT2D eigenvalue weighted by Gasteiger charge is -2.15. The van der Waals surface area contributed by atoms with Crippen LogP contribution in [-0.2, 0) is 9.59 Å². The van der Waals surface area contributed by atoms with Gasteiger partial charge in [0, 0.05) is 17.9 Å². The molecule has 7 heteroatoms. The fourth-order valence-electron chi connectivity index (χ4n) is 2.62. The number of likely N-dealkylation sites (tertiary alicyclic amines) is 1. The molecular formula is C17H17N3O3S. The zero-order chi connectivity index (χ0) is 17.1. The molecule has 2 aromatic rings. The summed E-state index contributed by atoms with van der Waals surface area (Å²) in [6, 6.07) is 10.1. The lowest BCUT2D eigenvalue weighted by Crippen LogP contribution is -2.34. The Morgan fingerprint density at radius 3 is 2.71 bits per heavy atom. The summed E-state index contributed by atoms with van der Waals surface area (Å²) in [5, 5.41) is 7.73. The van der Waals surface area contributed by atoms with Gasteiger partial charge in [0.05, 0.1) is 11.3 Å². The van der Waals surface area contributed by atoms with Crippen LogP contribution in [0.2, 0.25) is 0 Å². The average molecular weight is 343 g/mol. The maximum absolute atomic E-state index is 12.1. The minimum absolute atomic E-state index is 0.151. The molecule has 1 aromatic carbocycles. The second kappa shape index (κ2) is 6.84. The van der Waals surface area contributed by atoms with Gasteiger partial charge in [-0.15, -0.1) is 11.3 Å². The van der Waals surface area contributed by atoms with Crippen LogP contribution in [0.1, 0.15) is 23.0 Å². The van der Waals surface area contributed by atoms with E-state index in [1.54, 1.807) is 37.3 Å². The molecule has 1 aromatic heterocycles. The second-order valence-electron chi connectivity index (χ2n) is 5.39. The molecule has 2 N–H and O–H groups in total. The third-order valence-corrected chi connectivity index (χ3v) is 4.64. The number of hydrogen-bond donors (Lipinski definition) is 2. The third-order valence-electron chi connectivity index (χ3n) is 3.77. The predicted octanol–water partition coefficient (Wildman–Crippen LogP) is 2.56. The Kier molecular flexibility index (Phi) is 4.61. The molecular weight excluding hydrogens is 326 g/mol. The maximum atomic E-state index is 12.1. The molecule has 0 aliphatic carbocycles. The number of nitrogens with zero attached hydrogens (tertiary/aromatic N) is 1. The van der Waals surface area contributed by atoms with Gasteiger partial charge in [0.2, 0.25) is 5.91 Å². The molecule has 3 amide bonds. The van der Waals surface area contributed by atoms with E-state index in [-0.39, 0.29) is 24.1 Å². The van der Waals surface area contributed by atoms with E-state index in [4.69, 9.17) is 0 Å². The van der Waals surface area contributed by atoms with Crippen molar-refractivity contribution < 1.29 is 14.4 Å².